The molecule has 0 atom stereocenters. The zero-order valence-electron chi connectivity index (χ0n) is 6.61. The van der Waals surface area contributed by atoms with Crippen molar-refractivity contribution in [2.24, 2.45) is 0 Å². The van der Waals surface area contributed by atoms with Crippen LogP contribution in [-0.4, -0.2) is 11.7 Å². The van der Waals surface area contributed by atoms with Crippen LogP contribution in [0.4, 0.5) is 0 Å². The zero-order chi connectivity index (χ0) is 8.97. The molecule has 4 heteroatoms. The maximum atomic E-state index is 8.62. The monoisotopic (exact) mass is 161 g/mol. The average molecular weight is 161 g/mol. The minimum atomic E-state index is 0.296. The molecule has 0 radical (unpaired) electrons. The maximum absolute atomic E-state index is 8.62. The molecule has 0 fully saturated rings. The number of nitrogens with zero attached hydrogens (tertiary/aromatic N) is 3. The fourth-order valence-corrected chi connectivity index (χ4v) is 0.908. The van der Waals surface area contributed by atoms with Crippen LogP contribution in [0.3, 0.4) is 0 Å². The minimum Gasteiger partial charge on any atom is -0.364 e. The molecule has 12 heavy (non-hydrogen) atoms. The predicted octanol–water partition coefficient (Wildman–Crippen LogP) is 0.835. The summed E-state index contributed by atoms with van der Waals surface area (Å²) in [6.45, 7) is 0.296. The van der Waals surface area contributed by atoms with E-state index in [0.29, 0.717) is 18.0 Å². The molecule has 1 rings (SSSR count). The molecule has 0 amide bonds. The van der Waals surface area contributed by atoms with Gasteiger partial charge in [-0.05, 0) is 6.07 Å². The predicted molar refractivity (Wildman–Crippen MR) is 40.9 cm³/mol. The second-order valence-corrected chi connectivity index (χ2v) is 2.23. The van der Waals surface area contributed by atoms with Crippen molar-refractivity contribution in [3.8, 4) is 12.1 Å². The molecular formula is C8H7N3O. The van der Waals surface area contributed by atoms with E-state index in [1.807, 2.05) is 12.1 Å². The van der Waals surface area contributed by atoms with Gasteiger partial charge in [-0.15, -0.1) is 0 Å². The standard InChI is InChI=1S/C8H7N3O/c1-12-6-11-5-7(3-9)2-8(11)4-10/h2,5H,6H2,1H3. The summed E-state index contributed by atoms with van der Waals surface area (Å²) >= 11 is 0. The Kier molecular flexibility index (Phi) is 2.47. The number of methoxy groups -OCH3 is 1. The van der Waals surface area contributed by atoms with Gasteiger partial charge in [-0.25, -0.2) is 0 Å². The Morgan fingerprint density at radius 1 is 1.50 bits per heavy atom. The van der Waals surface area contributed by atoms with Crippen molar-refractivity contribution >= 4 is 0 Å². The van der Waals surface area contributed by atoms with E-state index in [9.17, 15) is 0 Å². The summed E-state index contributed by atoms with van der Waals surface area (Å²) in [5, 5.41) is 17.1. The van der Waals surface area contributed by atoms with Crippen molar-refractivity contribution < 1.29 is 4.74 Å². The highest BCUT2D eigenvalue weighted by atomic mass is 16.5. The number of aromatic nitrogens is 1. The van der Waals surface area contributed by atoms with Crippen molar-refractivity contribution in [3.63, 3.8) is 0 Å². The van der Waals surface area contributed by atoms with Crippen molar-refractivity contribution in [1.29, 1.82) is 10.5 Å². The Morgan fingerprint density at radius 3 is 2.75 bits per heavy atom. The van der Waals surface area contributed by atoms with E-state index in [1.54, 1.807) is 10.8 Å². The SMILES string of the molecule is COCn1cc(C#N)cc1C#N. The van der Waals surface area contributed by atoms with Gasteiger partial charge in [-0.1, -0.05) is 0 Å². The summed E-state index contributed by atoms with van der Waals surface area (Å²) < 4.78 is 6.41. The Labute approximate surface area is 70.2 Å². The minimum absolute atomic E-state index is 0.296. The number of nitriles is 2. The lowest BCUT2D eigenvalue weighted by atomic mass is 10.3. The van der Waals surface area contributed by atoms with Crippen LogP contribution in [0.15, 0.2) is 12.3 Å². The molecule has 1 aromatic heterocycles. The quantitative estimate of drug-likeness (QED) is 0.645. The van der Waals surface area contributed by atoms with Gasteiger partial charge in [0.15, 0.2) is 0 Å². The topological polar surface area (TPSA) is 61.7 Å². The van der Waals surface area contributed by atoms with Gasteiger partial charge >= 0.3 is 0 Å². The number of hydrogen-bond donors (Lipinski definition) is 0. The van der Waals surface area contributed by atoms with E-state index in [1.165, 1.54) is 13.2 Å². The number of hydrogen-bond acceptors (Lipinski definition) is 3. The van der Waals surface area contributed by atoms with Gasteiger partial charge in [0.05, 0.1) is 5.56 Å². The van der Waals surface area contributed by atoms with Crippen LogP contribution in [0.5, 0.6) is 0 Å². The fourth-order valence-electron chi connectivity index (χ4n) is 0.908. The van der Waals surface area contributed by atoms with Crippen molar-refractivity contribution in [2.45, 2.75) is 6.73 Å². The van der Waals surface area contributed by atoms with Crippen LogP contribution in [0.2, 0.25) is 0 Å². The van der Waals surface area contributed by atoms with Gasteiger partial charge in [0.25, 0.3) is 0 Å². The highest BCUT2D eigenvalue weighted by molar-refractivity contribution is 5.35. The molecule has 1 heterocycles. The first kappa shape index (κ1) is 8.32. The van der Waals surface area contributed by atoms with E-state index < -0.39 is 0 Å². The molecule has 0 N–H and O–H groups in total. The molecule has 0 saturated carbocycles. The van der Waals surface area contributed by atoms with Crippen LogP contribution in [0.1, 0.15) is 11.3 Å². The van der Waals surface area contributed by atoms with E-state index >= 15 is 0 Å². The molecule has 0 aliphatic heterocycles. The third-order valence-corrected chi connectivity index (χ3v) is 1.41. The highest BCUT2D eigenvalue weighted by Crippen LogP contribution is 2.06. The van der Waals surface area contributed by atoms with E-state index in [4.69, 9.17) is 15.3 Å². The Balaban J connectivity index is 3.04. The van der Waals surface area contributed by atoms with Crippen LogP contribution in [0, 0.1) is 22.7 Å². The van der Waals surface area contributed by atoms with Crippen LogP contribution >= 0.6 is 0 Å². The third kappa shape index (κ3) is 1.45. The van der Waals surface area contributed by atoms with Gasteiger partial charge < -0.3 is 9.30 Å². The van der Waals surface area contributed by atoms with Gasteiger partial charge in [0, 0.05) is 13.3 Å². The molecular weight excluding hydrogens is 154 g/mol. The smallest absolute Gasteiger partial charge is 0.123 e. The summed E-state index contributed by atoms with van der Waals surface area (Å²) in [4.78, 5) is 0. The lowest BCUT2D eigenvalue weighted by molar-refractivity contribution is 0.131. The lowest BCUT2D eigenvalue weighted by Crippen LogP contribution is -1.99. The van der Waals surface area contributed by atoms with E-state index in [2.05, 4.69) is 0 Å². The molecule has 4 nitrogen and oxygen atoms in total. The number of ether oxygens (including phenoxy) is 1. The van der Waals surface area contributed by atoms with E-state index in [0.717, 1.165) is 0 Å². The first-order valence-corrected chi connectivity index (χ1v) is 3.31. The summed E-state index contributed by atoms with van der Waals surface area (Å²) in [6, 6.07) is 5.45. The molecule has 0 bridgehead atoms. The average Bonchev–Trinajstić information content (AvgIpc) is 2.48. The Morgan fingerprint density at radius 2 is 2.25 bits per heavy atom. The van der Waals surface area contributed by atoms with Crippen molar-refractivity contribution in [1.82, 2.24) is 4.57 Å². The second-order valence-electron chi connectivity index (χ2n) is 2.23. The van der Waals surface area contributed by atoms with Gasteiger partial charge in [-0.2, -0.15) is 10.5 Å². The van der Waals surface area contributed by atoms with Gasteiger partial charge in [0.2, 0.25) is 0 Å². The highest BCUT2D eigenvalue weighted by Gasteiger charge is 2.03. The Hall–Kier alpha value is -1.78. The third-order valence-electron chi connectivity index (χ3n) is 1.41. The summed E-state index contributed by atoms with van der Waals surface area (Å²) in [5.41, 5.74) is 0.914. The largest absolute Gasteiger partial charge is 0.364 e. The zero-order valence-corrected chi connectivity index (χ0v) is 6.61. The molecule has 0 aromatic carbocycles. The first-order valence-electron chi connectivity index (χ1n) is 3.31. The molecule has 0 spiro atoms. The van der Waals surface area contributed by atoms with Crippen molar-refractivity contribution in [3.05, 3.63) is 23.5 Å². The lowest BCUT2D eigenvalue weighted by Gasteiger charge is -1.99. The van der Waals surface area contributed by atoms with Crippen LogP contribution in [-0.2, 0) is 11.5 Å². The van der Waals surface area contributed by atoms with Gasteiger partial charge in [-0.3, -0.25) is 0 Å². The van der Waals surface area contributed by atoms with Crippen LogP contribution < -0.4 is 0 Å². The molecule has 0 unspecified atom stereocenters. The normalized spacial score (nSPS) is 8.92. The number of rotatable bonds is 2. The maximum Gasteiger partial charge on any atom is 0.123 e. The summed E-state index contributed by atoms with van der Waals surface area (Å²) in [6.07, 6.45) is 1.59. The summed E-state index contributed by atoms with van der Waals surface area (Å²) in [5.74, 6) is 0. The first-order chi connectivity index (χ1) is 5.81. The molecule has 60 valence electrons. The molecule has 0 aliphatic carbocycles. The second kappa shape index (κ2) is 3.56. The van der Waals surface area contributed by atoms with Crippen molar-refractivity contribution in [2.75, 3.05) is 7.11 Å². The van der Waals surface area contributed by atoms with Gasteiger partial charge in [0.1, 0.15) is 24.6 Å². The molecule has 1 aromatic rings. The fraction of sp³-hybridized carbons (Fsp3) is 0.250. The molecule has 0 saturated heterocycles. The van der Waals surface area contributed by atoms with Crippen LogP contribution in [0.25, 0.3) is 0 Å². The Bertz CT molecular complexity index is 353. The van der Waals surface area contributed by atoms with E-state index in [-0.39, 0.29) is 0 Å². The molecule has 0 aliphatic rings. The summed E-state index contributed by atoms with van der Waals surface area (Å²) in [7, 11) is 1.53.